The fourth-order valence-electron chi connectivity index (χ4n) is 2.49. The van der Waals surface area contributed by atoms with Gasteiger partial charge in [0.1, 0.15) is 16.2 Å². The average Bonchev–Trinajstić information content (AvgIpc) is 3.19. The fourth-order valence-corrected chi connectivity index (χ4v) is 2.91. The highest BCUT2D eigenvalue weighted by Crippen LogP contribution is 2.42. The molecule has 1 aromatic heterocycles. The summed E-state index contributed by atoms with van der Waals surface area (Å²) in [4.78, 5) is 8.97. The number of hydrogen-bond acceptors (Lipinski definition) is 3. The van der Waals surface area contributed by atoms with Crippen molar-refractivity contribution in [1.29, 1.82) is 0 Å². The van der Waals surface area contributed by atoms with Crippen molar-refractivity contribution in [2.45, 2.75) is 38.1 Å². The molecule has 1 aromatic carbocycles. The van der Waals surface area contributed by atoms with E-state index in [1.54, 1.807) is 0 Å². The summed E-state index contributed by atoms with van der Waals surface area (Å²) in [7, 11) is 0. The summed E-state index contributed by atoms with van der Waals surface area (Å²) in [5.41, 5.74) is 1.41. The van der Waals surface area contributed by atoms with Crippen molar-refractivity contribution in [3.05, 3.63) is 52.4 Å². The number of aryl methyl sites for hydroxylation is 1. The predicted octanol–water partition coefficient (Wildman–Crippen LogP) is 4.16. The van der Waals surface area contributed by atoms with Gasteiger partial charge in [0.15, 0.2) is 0 Å². The lowest BCUT2D eigenvalue weighted by molar-refractivity contribution is 0.827. The van der Waals surface area contributed by atoms with Crippen LogP contribution in [0.4, 0.5) is 5.82 Å². The molecule has 3 nitrogen and oxygen atoms in total. The topological polar surface area (TPSA) is 37.8 Å². The molecule has 2 atom stereocenters. The number of nitrogens with one attached hydrogen (secondary N) is 1. The summed E-state index contributed by atoms with van der Waals surface area (Å²) in [6.45, 7) is 2.14. The van der Waals surface area contributed by atoms with Crippen molar-refractivity contribution >= 4 is 21.7 Å². The van der Waals surface area contributed by atoms with E-state index in [1.807, 2.05) is 6.07 Å². The van der Waals surface area contributed by atoms with Crippen LogP contribution in [-0.2, 0) is 6.42 Å². The fraction of sp³-hybridized carbons (Fsp3) is 0.375. The van der Waals surface area contributed by atoms with Crippen molar-refractivity contribution in [2.24, 2.45) is 0 Å². The van der Waals surface area contributed by atoms with Crippen LogP contribution < -0.4 is 5.32 Å². The number of anilines is 1. The Balaban J connectivity index is 1.68. The third kappa shape index (κ3) is 3.18. The normalized spacial score (nSPS) is 20.7. The Labute approximate surface area is 128 Å². The van der Waals surface area contributed by atoms with Crippen molar-refractivity contribution in [1.82, 2.24) is 9.97 Å². The largest absolute Gasteiger partial charge is 0.367 e. The molecule has 2 unspecified atom stereocenters. The van der Waals surface area contributed by atoms with E-state index in [1.165, 1.54) is 12.0 Å². The van der Waals surface area contributed by atoms with E-state index in [2.05, 4.69) is 68.5 Å². The maximum atomic E-state index is 4.58. The molecule has 1 aliphatic carbocycles. The summed E-state index contributed by atoms with van der Waals surface area (Å²) in [6, 6.07) is 13.1. The quantitative estimate of drug-likeness (QED) is 0.836. The molecule has 4 heteroatoms. The van der Waals surface area contributed by atoms with E-state index in [0.29, 0.717) is 12.0 Å². The molecule has 1 saturated carbocycles. The van der Waals surface area contributed by atoms with Crippen LogP contribution in [0.1, 0.15) is 37.1 Å². The molecule has 1 fully saturated rings. The third-order valence-corrected chi connectivity index (χ3v) is 3.97. The molecule has 1 heterocycles. The Kier molecular flexibility index (Phi) is 4.01. The van der Waals surface area contributed by atoms with Gasteiger partial charge in [0, 0.05) is 24.4 Å². The number of nitrogens with zero attached hydrogens (tertiary/aromatic N) is 2. The van der Waals surface area contributed by atoms with Crippen LogP contribution >= 0.6 is 15.9 Å². The Morgan fingerprint density at radius 1 is 1.25 bits per heavy atom. The van der Waals surface area contributed by atoms with Gasteiger partial charge in [-0.2, -0.15) is 0 Å². The number of rotatable bonds is 5. The van der Waals surface area contributed by atoms with Gasteiger partial charge < -0.3 is 5.32 Å². The van der Waals surface area contributed by atoms with E-state index in [-0.39, 0.29) is 0 Å². The zero-order chi connectivity index (χ0) is 13.9. The van der Waals surface area contributed by atoms with Crippen LogP contribution in [0, 0.1) is 0 Å². The summed E-state index contributed by atoms with van der Waals surface area (Å²) in [5, 5.41) is 3.52. The van der Waals surface area contributed by atoms with Gasteiger partial charge in [-0.15, -0.1) is 0 Å². The van der Waals surface area contributed by atoms with Gasteiger partial charge in [-0.25, -0.2) is 9.97 Å². The van der Waals surface area contributed by atoms with Crippen LogP contribution in [0.25, 0.3) is 0 Å². The SMILES string of the molecule is CCCc1nc(Br)cc(NC2CC2c2ccccc2)n1. The van der Waals surface area contributed by atoms with Crippen molar-refractivity contribution < 1.29 is 0 Å². The summed E-state index contributed by atoms with van der Waals surface area (Å²) >= 11 is 3.46. The first-order chi connectivity index (χ1) is 9.76. The number of aromatic nitrogens is 2. The minimum atomic E-state index is 0.494. The van der Waals surface area contributed by atoms with Gasteiger partial charge in [-0.1, -0.05) is 37.3 Å². The molecule has 0 bridgehead atoms. The first-order valence-electron chi connectivity index (χ1n) is 7.11. The maximum Gasteiger partial charge on any atom is 0.132 e. The Morgan fingerprint density at radius 3 is 2.80 bits per heavy atom. The van der Waals surface area contributed by atoms with E-state index < -0.39 is 0 Å². The smallest absolute Gasteiger partial charge is 0.132 e. The minimum absolute atomic E-state index is 0.494. The third-order valence-electron chi connectivity index (χ3n) is 3.57. The Morgan fingerprint density at radius 2 is 2.05 bits per heavy atom. The van der Waals surface area contributed by atoms with Crippen molar-refractivity contribution in [2.75, 3.05) is 5.32 Å². The van der Waals surface area contributed by atoms with Crippen LogP contribution in [0.15, 0.2) is 41.0 Å². The van der Waals surface area contributed by atoms with Crippen LogP contribution in [-0.4, -0.2) is 16.0 Å². The Bertz CT molecular complexity index is 586. The maximum absolute atomic E-state index is 4.58. The minimum Gasteiger partial charge on any atom is -0.367 e. The second-order valence-electron chi connectivity index (χ2n) is 5.25. The van der Waals surface area contributed by atoms with Crippen LogP contribution in [0.3, 0.4) is 0 Å². The Hall–Kier alpha value is -1.42. The second-order valence-corrected chi connectivity index (χ2v) is 6.06. The van der Waals surface area contributed by atoms with Crippen LogP contribution in [0.5, 0.6) is 0 Å². The average molecular weight is 332 g/mol. The second kappa shape index (κ2) is 5.92. The van der Waals surface area contributed by atoms with E-state index in [4.69, 9.17) is 0 Å². The van der Waals surface area contributed by atoms with Gasteiger partial charge in [-0.05, 0) is 34.3 Å². The molecule has 104 valence electrons. The molecule has 0 amide bonds. The first-order valence-corrected chi connectivity index (χ1v) is 7.90. The van der Waals surface area contributed by atoms with E-state index >= 15 is 0 Å². The molecule has 1 aliphatic rings. The molecule has 3 rings (SSSR count). The van der Waals surface area contributed by atoms with Crippen molar-refractivity contribution in [3.8, 4) is 0 Å². The highest BCUT2D eigenvalue weighted by Gasteiger charge is 2.38. The molecule has 0 spiro atoms. The molecule has 0 radical (unpaired) electrons. The molecule has 0 aliphatic heterocycles. The zero-order valence-electron chi connectivity index (χ0n) is 11.5. The molecule has 2 aromatic rings. The van der Waals surface area contributed by atoms with Gasteiger partial charge in [-0.3, -0.25) is 0 Å². The standard InChI is InChI=1S/C16H18BrN3/c1-2-6-15-19-14(17)10-16(20-15)18-13-9-12(13)11-7-4-3-5-8-11/h3-5,7-8,10,12-13H,2,6,9H2,1H3,(H,18,19,20). The lowest BCUT2D eigenvalue weighted by Crippen LogP contribution is -2.08. The number of halogens is 1. The number of benzene rings is 1. The molecule has 0 saturated heterocycles. The summed E-state index contributed by atoms with van der Waals surface area (Å²) in [5.74, 6) is 2.44. The summed E-state index contributed by atoms with van der Waals surface area (Å²) in [6.07, 6.45) is 3.15. The highest BCUT2D eigenvalue weighted by atomic mass is 79.9. The van der Waals surface area contributed by atoms with Gasteiger partial charge in [0.25, 0.3) is 0 Å². The number of hydrogen-bond donors (Lipinski definition) is 1. The molecular formula is C16H18BrN3. The predicted molar refractivity (Wildman–Crippen MR) is 84.9 cm³/mol. The summed E-state index contributed by atoms with van der Waals surface area (Å²) < 4.78 is 0.857. The molecule has 1 N–H and O–H groups in total. The van der Waals surface area contributed by atoms with Crippen molar-refractivity contribution in [3.63, 3.8) is 0 Å². The van der Waals surface area contributed by atoms with E-state index in [9.17, 15) is 0 Å². The van der Waals surface area contributed by atoms with Crippen LogP contribution in [0.2, 0.25) is 0 Å². The zero-order valence-corrected chi connectivity index (χ0v) is 13.1. The molecular weight excluding hydrogens is 314 g/mol. The van der Waals surface area contributed by atoms with Gasteiger partial charge >= 0.3 is 0 Å². The molecule has 20 heavy (non-hydrogen) atoms. The van der Waals surface area contributed by atoms with Gasteiger partial charge in [0.2, 0.25) is 0 Å². The first kappa shape index (κ1) is 13.6. The van der Waals surface area contributed by atoms with Gasteiger partial charge in [0.05, 0.1) is 0 Å². The monoisotopic (exact) mass is 331 g/mol. The lowest BCUT2D eigenvalue weighted by atomic mass is 10.1. The van der Waals surface area contributed by atoms with E-state index in [0.717, 1.165) is 29.1 Å². The lowest BCUT2D eigenvalue weighted by Gasteiger charge is -2.07. The highest BCUT2D eigenvalue weighted by molar-refractivity contribution is 9.10.